The highest BCUT2D eigenvalue weighted by molar-refractivity contribution is 9.10. The Bertz CT molecular complexity index is 1070. The monoisotopic (exact) mass is 439 g/mol. The van der Waals surface area contributed by atoms with Crippen molar-refractivity contribution in [3.8, 4) is 0 Å². The van der Waals surface area contributed by atoms with Crippen LogP contribution in [-0.2, 0) is 16.8 Å². The van der Waals surface area contributed by atoms with E-state index in [0.29, 0.717) is 36.0 Å². The number of H-pyrrole nitrogens is 1. The van der Waals surface area contributed by atoms with E-state index in [1.165, 1.54) is 0 Å². The smallest absolute Gasteiger partial charge is 0.258 e. The minimum Gasteiger partial charge on any atom is -0.347 e. The van der Waals surface area contributed by atoms with Crippen molar-refractivity contribution in [2.24, 2.45) is 0 Å². The molecule has 0 unspecified atom stereocenters. The van der Waals surface area contributed by atoms with E-state index in [4.69, 9.17) is 0 Å². The van der Waals surface area contributed by atoms with Gasteiger partial charge in [0, 0.05) is 17.3 Å². The van der Waals surface area contributed by atoms with Gasteiger partial charge in [0.2, 0.25) is 5.91 Å². The first-order valence-electron chi connectivity index (χ1n) is 9.61. The molecule has 1 heterocycles. The van der Waals surface area contributed by atoms with E-state index >= 15 is 0 Å². The van der Waals surface area contributed by atoms with Crippen molar-refractivity contribution in [1.82, 2.24) is 15.3 Å². The fraction of sp³-hybridized carbons (Fsp3) is 0.318. The molecule has 1 saturated carbocycles. The molecule has 0 radical (unpaired) electrons. The predicted octanol–water partition coefficient (Wildman–Crippen LogP) is 4.20. The third-order valence-electron chi connectivity index (χ3n) is 5.44. The molecular formula is C22H22BrN3O2. The number of aryl methyl sites for hydroxylation is 1. The summed E-state index contributed by atoms with van der Waals surface area (Å²) in [6.45, 7) is 0. The van der Waals surface area contributed by atoms with Crippen molar-refractivity contribution in [1.29, 1.82) is 0 Å². The van der Waals surface area contributed by atoms with E-state index in [9.17, 15) is 9.59 Å². The molecular weight excluding hydrogens is 418 g/mol. The molecule has 1 aliphatic carbocycles. The number of carbonyl (C=O) groups is 1. The van der Waals surface area contributed by atoms with E-state index in [1.54, 1.807) is 6.07 Å². The molecule has 6 heteroatoms. The van der Waals surface area contributed by atoms with Crippen molar-refractivity contribution in [3.63, 3.8) is 0 Å². The molecule has 28 heavy (non-hydrogen) atoms. The second kappa shape index (κ2) is 7.87. The normalized spacial score (nSPS) is 15.2. The van der Waals surface area contributed by atoms with E-state index in [0.717, 1.165) is 29.3 Å². The van der Waals surface area contributed by atoms with Crippen LogP contribution in [0.25, 0.3) is 10.9 Å². The zero-order valence-electron chi connectivity index (χ0n) is 15.5. The molecule has 2 aromatic carbocycles. The second-order valence-electron chi connectivity index (χ2n) is 7.38. The van der Waals surface area contributed by atoms with Gasteiger partial charge in [0.25, 0.3) is 5.56 Å². The van der Waals surface area contributed by atoms with Crippen molar-refractivity contribution in [3.05, 3.63) is 74.7 Å². The molecule has 3 aromatic rings. The summed E-state index contributed by atoms with van der Waals surface area (Å²) in [6.07, 6.45) is 4.67. The maximum absolute atomic E-state index is 12.6. The standard InChI is InChI=1S/C22H22BrN3O2/c23-16-7-3-6-15(14-16)22(12-5-13-22)26-20(27)11-4-10-19-24-18-9-2-1-8-17(18)21(28)25-19/h1-3,6-9,14H,4-5,10-13H2,(H,26,27)(H,24,25,28). The van der Waals surface area contributed by atoms with Crippen molar-refractivity contribution >= 4 is 32.7 Å². The summed E-state index contributed by atoms with van der Waals surface area (Å²) < 4.78 is 1.02. The summed E-state index contributed by atoms with van der Waals surface area (Å²) in [5, 5.41) is 3.84. The van der Waals surface area contributed by atoms with Gasteiger partial charge in [-0.3, -0.25) is 9.59 Å². The number of nitrogens with zero attached hydrogens (tertiary/aromatic N) is 1. The van der Waals surface area contributed by atoms with E-state index < -0.39 is 0 Å². The van der Waals surface area contributed by atoms with Crippen LogP contribution in [0.5, 0.6) is 0 Å². The molecule has 1 amide bonds. The molecule has 0 bridgehead atoms. The van der Waals surface area contributed by atoms with Gasteiger partial charge in [-0.05, 0) is 55.5 Å². The molecule has 0 saturated heterocycles. The Morgan fingerprint density at radius 2 is 2.00 bits per heavy atom. The lowest BCUT2D eigenvalue weighted by Crippen LogP contribution is -2.50. The van der Waals surface area contributed by atoms with E-state index in [1.807, 2.05) is 30.3 Å². The maximum atomic E-state index is 12.6. The number of para-hydroxylation sites is 1. The number of fused-ring (bicyclic) bond motifs is 1. The second-order valence-corrected chi connectivity index (χ2v) is 8.29. The molecule has 5 nitrogen and oxygen atoms in total. The summed E-state index contributed by atoms with van der Waals surface area (Å²) >= 11 is 3.52. The van der Waals surface area contributed by atoms with Crippen LogP contribution in [0, 0.1) is 0 Å². The van der Waals surface area contributed by atoms with Gasteiger partial charge >= 0.3 is 0 Å². The Morgan fingerprint density at radius 1 is 1.18 bits per heavy atom. The largest absolute Gasteiger partial charge is 0.347 e. The first-order chi connectivity index (χ1) is 13.6. The lowest BCUT2D eigenvalue weighted by Gasteiger charge is -2.43. The Morgan fingerprint density at radius 3 is 2.75 bits per heavy atom. The highest BCUT2D eigenvalue weighted by atomic mass is 79.9. The first-order valence-corrected chi connectivity index (χ1v) is 10.4. The quantitative estimate of drug-likeness (QED) is 0.603. The topological polar surface area (TPSA) is 74.8 Å². The van der Waals surface area contributed by atoms with Gasteiger partial charge in [0.05, 0.1) is 16.4 Å². The highest BCUT2D eigenvalue weighted by Gasteiger charge is 2.39. The zero-order valence-corrected chi connectivity index (χ0v) is 17.1. The summed E-state index contributed by atoms with van der Waals surface area (Å²) in [5.41, 5.74) is 1.47. The van der Waals surface area contributed by atoms with Crippen LogP contribution in [0.1, 0.15) is 43.5 Å². The molecule has 0 atom stereocenters. The number of aromatic amines is 1. The Kier molecular flexibility index (Phi) is 5.31. The number of nitrogens with one attached hydrogen (secondary N) is 2. The predicted molar refractivity (Wildman–Crippen MR) is 113 cm³/mol. The van der Waals surface area contributed by atoms with Crippen molar-refractivity contribution in [2.45, 2.75) is 44.1 Å². The van der Waals surface area contributed by atoms with Gasteiger partial charge in [-0.15, -0.1) is 0 Å². The average molecular weight is 440 g/mol. The molecule has 1 aliphatic rings. The van der Waals surface area contributed by atoms with Gasteiger partial charge in [0.1, 0.15) is 5.82 Å². The van der Waals surface area contributed by atoms with Crippen LogP contribution in [0.2, 0.25) is 0 Å². The van der Waals surface area contributed by atoms with Gasteiger partial charge < -0.3 is 10.3 Å². The van der Waals surface area contributed by atoms with Crippen LogP contribution >= 0.6 is 15.9 Å². The average Bonchev–Trinajstić information content (AvgIpc) is 2.65. The molecule has 1 aromatic heterocycles. The van der Waals surface area contributed by atoms with Gasteiger partial charge in [0.15, 0.2) is 0 Å². The Labute approximate surface area is 171 Å². The summed E-state index contributed by atoms with van der Waals surface area (Å²) in [7, 11) is 0. The third-order valence-corrected chi connectivity index (χ3v) is 5.94. The van der Waals surface area contributed by atoms with Gasteiger partial charge in [-0.1, -0.05) is 40.2 Å². The van der Waals surface area contributed by atoms with E-state index in [2.05, 4.69) is 43.3 Å². The van der Waals surface area contributed by atoms with E-state index in [-0.39, 0.29) is 17.0 Å². The minimum absolute atomic E-state index is 0.0443. The molecule has 0 spiro atoms. The van der Waals surface area contributed by atoms with Gasteiger partial charge in [-0.2, -0.15) is 0 Å². The van der Waals surface area contributed by atoms with Crippen LogP contribution in [-0.4, -0.2) is 15.9 Å². The molecule has 4 rings (SSSR count). The number of amides is 1. The number of hydrogen-bond donors (Lipinski definition) is 2. The number of carbonyl (C=O) groups excluding carboxylic acids is 1. The molecule has 0 aliphatic heterocycles. The Hall–Kier alpha value is -2.47. The SMILES string of the molecule is O=C(CCCc1nc2ccccc2c(=O)[nH]1)NC1(c2cccc(Br)c2)CCC1. The number of hydrogen-bond acceptors (Lipinski definition) is 3. The van der Waals surface area contributed by atoms with Crippen molar-refractivity contribution < 1.29 is 4.79 Å². The fourth-order valence-corrected chi connectivity index (χ4v) is 4.20. The number of benzene rings is 2. The van der Waals surface area contributed by atoms with Crippen molar-refractivity contribution in [2.75, 3.05) is 0 Å². The van der Waals surface area contributed by atoms with Crippen LogP contribution in [0.4, 0.5) is 0 Å². The number of rotatable bonds is 6. The summed E-state index contributed by atoms with van der Waals surface area (Å²) in [4.78, 5) is 32.0. The zero-order chi connectivity index (χ0) is 19.6. The first kappa shape index (κ1) is 18.9. The minimum atomic E-state index is -0.240. The lowest BCUT2D eigenvalue weighted by molar-refractivity contribution is -0.124. The fourth-order valence-electron chi connectivity index (χ4n) is 3.80. The number of halogens is 1. The summed E-state index contributed by atoms with van der Waals surface area (Å²) in [6, 6.07) is 15.5. The maximum Gasteiger partial charge on any atom is 0.258 e. The van der Waals surface area contributed by atoms with Crippen LogP contribution < -0.4 is 10.9 Å². The number of aromatic nitrogens is 2. The molecule has 1 fully saturated rings. The highest BCUT2D eigenvalue weighted by Crippen LogP contribution is 2.42. The lowest BCUT2D eigenvalue weighted by atomic mass is 9.71. The molecule has 2 N–H and O–H groups in total. The molecule has 144 valence electrons. The van der Waals surface area contributed by atoms with Crippen LogP contribution in [0.3, 0.4) is 0 Å². The Balaban J connectivity index is 1.38. The van der Waals surface area contributed by atoms with Crippen LogP contribution in [0.15, 0.2) is 57.8 Å². The van der Waals surface area contributed by atoms with Gasteiger partial charge in [-0.25, -0.2) is 4.98 Å². The third kappa shape index (κ3) is 3.87. The summed E-state index contributed by atoms with van der Waals surface area (Å²) in [5.74, 6) is 0.671.